The third kappa shape index (κ3) is 1.82. The van der Waals surface area contributed by atoms with Crippen molar-refractivity contribution >= 4 is 21.8 Å². The number of fused-ring (bicyclic) bond motifs is 2. The van der Waals surface area contributed by atoms with Gasteiger partial charge in [-0.1, -0.05) is 12.1 Å². The molecule has 0 bridgehead atoms. The zero-order valence-electron chi connectivity index (χ0n) is 11.4. The second kappa shape index (κ2) is 4.28. The number of hydrogen-bond donors (Lipinski definition) is 0. The summed E-state index contributed by atoms with van der Waals surface area (Å²) in [5.41, 5.74) is 2.34. The largest absolute Gasteiger partial charge is 0.275 e. The van der Waals surface area contributed by atoms with Gasteiger partial charge in [-0.2, -0.15) is 5.10 Å². The van der Waals surface area contributed by atoms with E-state index in [1.54, 1.807) is 21.6 Å². The van der Waals surface area contributed by atoms with Crippen LogP contribution in [0.4, 0.5) is 0 Å². The quantitative estimate of drug-likeness (QED) is 0.536. The van der Waals surface area contributed by atoms with Crippen LogP contribution in [0.2, 0.25) is 0 Å². The first-order valence-electron chi connectivity index (χ1n) is 6.62. The highest BCUT2D eigenvalue weighted by atomic mass is 16.1. The lowest BCUT2D eigenvalue weighted by molar-refractivity contribution is 0.780. The van der Waals surface area contributed by atoms with E-state index >= 15 is 0 Å². The minimum absolute atomic E-state index is 0.0659. The maximum Gasteiger partial charge on any atom is 0.265 e. The molecule has 4 aromatic rings. The lowest BCUT2D eigenvalue weighted by atomic mass is 10.2. The summed E-state index contributed by atoms with van der Waals surface area (Å²) in [6.45, 7) is 0. The van der Waals surface area contributed by atoms with Crippen LogP contribution in [0.5, 0.6) is 0 Å². The van der Waals surface area contributed by atoms with Crippen molar-refractivity contribution in [1.29, 1.82) is 0 Å². The fraction of sp³-hybridized carbons (Fsp3) is 0.0625. The molecule has 0 radical (unpaired) electrons. The van der Waals surface area contributed by atoms with Gasteiger partial charge in [-0.25, -0.2) is 4.98 Å². The zero-order chi connectivity index (χ0) is 14.4. The minimum atomic E-state index is -0.0659. The molecule has 2 heterocycles. The van der Waals surface area contributed by atoms with Crippen molar-refractivity contribution in [2.24, 2.45) is 7.05 Å². The van der Waals surface area contributed by atoms with E-state index in [0.29, 0.717) is 10.9 Å². The van der Waals surface area contributed by atoms with Gasteiger partial charge >= 0.3 is 0 Å². The molecule has 0 saturated carbocycles. The van der Waals surface area contributed by atoms with Gasteiger partial charge in [0.25, 0.3) is 5.56 Å². The third-order valence-corrected chi connectivity index (χ3v) is 3.55. The Morgan fingerprint density at radius 1 is 1.05 bits per heavy atom. The molecule has 0 aliphatic rings. The summed E-state index contributed by atoms with van der Waals surface area (Å²) < 4.78 is 3.32. The molecule has 21 heavy (non-hydrogen) atoms. The van der Waals surface area contributed by atoms with Crippen molar-refractivity contribution in [2.75, 3.05) is 0 Å². The first-order chi connectivity index (χ1) is 10.2. The van der Waals surface area contributed by atoms with E-state index in [9.17, 15) is 4.79 Å². The minimum Gasteiger partial charge on any atom is -0.275 e. The molecule has 0 aliphatic heterocycles. The molecule has 0 spiro atoms. The second-order valence-corrected chi connectivity index (χ2v) is 4.98. The van der Waals surface area contributed by atoms with Gasteiger partial charge in [0.05, 0.1) is 22.1 Å². The lowest BCUT2D eigenvalue weighted by Crippen LogP contribution is -2.18. The standard InChI is InChI=1S/C16H12N4O/c1-19-9-11-8-12(6-7-14(11)18-19)20-10-17-15-5-3-2-4-13(15)16(20)21/h2-10H,1H3. The van der Waals surface area contributed by atoms with Crippen molar-refractivity contribution in [3.05, 3.63) is 65.3 Å². The molecule has 0 atom stereocenters. The van der Waals surface area contributed by atoms with Gasteiger partial charge in [0.2, 0.25) is 0 Å². The molecule has 102 valence electrons. The average Bonchev–Trinajstić information content (AvgIpc) is 2.87. The molecule has 0 fully saturated rings. The Morgan fingerprint density at radius 2 is 1.90 bits per heavy atom. The summed E-state index contributed by atoms with van der Waals surface area (Å²) in [7, 11) is 1.88. The Balaban J connectivity index is 1.99. The summed E-state index contributed by atoms with van der Waals surface area (Å²) in [6.07, 6.45) is 3.50. The molecular formula is C16H12N4O. The van der Waals surface area contributed by atoms with Gasteiger partial charge in [0.15, 0.2) is 0 Å². The normalized spacial score (nSPS) is 11.3. The van der Waals surface area contributed by atoms with Crippen molar-refractivity contribution in [3.63, 3.8) is 0 Å². The number of para-hydroxylation sites is 1. The van der Waals surface area contributed by atoms with Crippen LogP contribution in [0.15, 0.2) is 59.8 Å². The number of aryl methyl sites for hydroxylation is 1. The van der Waals surface area contributed by atoms with Gasteiger partial charge in [0, 0.05) is 18.6 Å². The van der Waals surface area contributed by atoms with Crippen molar-refractivity contribution in [1.82, 2.24) is 19.3 Å². The van der Waals surface area contributed by atoms with Crippen LogP contribution in [-0.2, 0) is 7.05 Å². The van der Waals surface area contributed by atoms with Crippen LogP contribution in [0, 0.1) is 0 Å². The van der Waals surface area contributed by atoms with Crippen LogP contribution in [-0.4, -0.2) is 19.3 Å². The number of benzene rings is 2. The Hall–Kier alpha value is -2.95. The summed E-state index contributed by atoms with van der Waals surface area (Å²) in [5, 5.41) is 5.95. The first-order valence-corrected chi connectivity index (χ1v) is 6.62. The molecule has 0 amide bonds. The van der Waals surface area contributed by atoms with Crippen LogP contribution in [0.3, 0.4) is 0 Å². The van der Waals surface area contributed by atoms with E-state index in [0.717, 1.165) is 16.6 Å². The van der Waals surface area contributed by atoms with Crippen molar-refractivity contribution < 1.29 is 0 Å². The molecule has 0 N–H and O–H groups in total. The number of rotatable bonds is 1. The molecule has 4 rings (SSSR count). The summed E-state index contributed by atoms with van der Waals surface area (Å²) in [5.74, 6) is 0. The van der Waals surface area contributed by atoms with Crippen LogP contribution < -0.4 is 5.56 Å². The van der Waals surface area contributed by atoms with E-state index in [1.165, 1.54) is 0 Å². The van der Waals surface area contributed by atoms with Gasteiger partial charge in [0.1, 0.15) is 6.33 Å². The Labute approximate surface area is 120 Å². The Morgan fingerprint density at radius 3 is 2.81 bits per heavy atom. The van der Waals surface area contributed by atoms with Crippen molar-refractivity contribution in [2.45, 2.75) is 0 Å². The highest BCUT2D eigenvalue weighted by molar-refractivity contribution is 5.81. The Bertz CT molecular complexity index is 1030. The monoisotopic (exact) mass is 276 g/mol. The summed E-state index contributed by atoms with van der Waals surface area (Å²) >= 11 is 0. The lowest BCUT2D eigenvalue weighted by Gasteiger charge is -2.06. The molecule has 0 saturated heterocycles. The average molecular weight is 276 g/mol. The van der Waals surface area contributed by atoms with E-state index in [4.69, 9.17) is 0 Å². The maximum atomic E-state index is 12.6. The van der Waals surface area contributed by atoms with Gasteiger partial charge < -0.3 is 0 Å². The van der Waals surface area contributed by atoms with E-state index in [2.05, 4.69) is 10.1 Å². The summed E-state index contributed by atoms with van der Waals surface area (Å²) in [6, 6.07) is 13.1. The van der Waals surface area contributed by atoms with E-state index in [1.807, 2.05) is 49.6 Å². The molecule has 2 aromatic heterocycles. The van der Waals surface area contributed by atoms with Gasteiger partial charge in [-0.3, -0.25) is 14.0 Å². The van der Waals surface area contributed by atoms with Crippen LogP contribution >= 0.6 is 0 Å². The fourth-order valence-corrected chi connectivity index (χ4v) is 2.54. The van der Waals surface area contributed by atoms with E-state index < -0.39 is 0 Å². The zero-order valence-corrected chi connectivity index (χ0v) is 11.4. The van der Waals surface area contributed by atoms with Crippen LogP contribution in [0.25, 0.3) is 27.5 Å². The number of hydrogen-bond acceptors (Lipinski definition) is 3. The summed E-state index contributed by atoms with van der Waals surface area (Å²) in [4.78, 5) is 16.9. The smallest absolute Gasteiger partial charge is 0.265 e. The van der Waals surface area contributed by atoms with Gasteiger partial charge in [-0.15, -0.1) is 0 Å². The second-order valence-electron chi connectivity index (χ2n) is 4.98. The Kier molecular flexibility index (Phi) is 2.41. The topological polar surface area (TPSA) is 52.7 Å². The predicted molar refractivity (Wildman–Crippen MR) is 81.6 cm³/mol. The molecular weight excluding hydrogens is 264 g/mol. The van der Waals surface area contributed by atoms with Crippen LogP contribution in [0.1, 0.15) is 0 Å². The molecule has 0 unspecified atom stereocenters. The molecule has 0 aliphatic carbocycles. The van der Waals surface area contributed by atoms with Crippen molar-refractivity contribution in [3.8, 4) is 5.69 Å². The predicted octanol–water partition coefficient (Wildman–Crippen LogP) is 2.27. The first kappa shape index (κ1) is 11.8. The molecule has 5 heteroatoms. The van der Waals surface area contributed by atoms with E-state index in [-0.39, 0.29) is 5.56 Å². The van der Waals surface area contributed by atoms with Gasteiger partial charge in [-0.05, 0) is 30.3 Å². The highest BCUT2D eigenvalue weighted by Gasteiger charge is 2.07. The maximum absolute atomic E-state index is 12.6. The third-order valence-electron chi connectivity index (χ3n) is 3.55. The number of nitrogens with zero attached hydrogens (tertiary/aromatic N) is 4. The molecule has 2 aromatic carbocycles. The number of aromatic nitrogens is 4. The highest BCUT2D eigenvalue weighted by Crippen LogP contribution is 2.16. The SMILES string of the molecule is Cn1cc2cc(-n3cnc4ccccc4c3=O)ccc2n1. The molecule has 5 nitrogen and oxygen atoms in total. The fourth-order valence-electron chi connectivity index (χ4n) is 2.54.